The highest BCUT2D eigenvalue weighted by Crippen LogP contribution is 2.22. The molecule has 0 bridgehead atoms. The second-order valence-corrected chi connectivity index (χ2v) is 6.28. The normalized spacial score (nSPS) is 12.5. The Hall–Kier alpha value is -2.86. The number of unbranched alkanes of at least 4 members (excludes halogenated alkanes) is 1. The van der Waals surface area contributed by atoms with Gasteiger partial charge in [0.15, 0.2) is 0 Å². The molecule has 1 aliphatic heterocycles. The Kier molecular flexibility index (Phi) is 6.96. The first kappa shape index (κ1) is 20.5. The zero-order valence-corrected chi connectivity index (χ0v) is 15.6. The van der Waals surface area contributed by atoms with Crippen LogP contribution in [0.2, 0.25) is 0 Å². The van der Waals surface area contributed by atoms with Crippen LogP contribution >= 0.6 is 12.4 Å². The van der Waals surface area contributed by atoms with Gasteiger partial charge in [-0.05, 0) is 42.7 Å². The third-order valence-electron chi connectivity index (χ3n) is 4.35. The van der Waals surface area contributed by atoms with Crippen LogP contribution in [-0.4, -0.2) is 35.7 Å². The van der Waals surface area contributed by atoms with Crippen molar-refractivity contribution >= 4 is 35.8 Å². The highest BCUT2D eigenvalue weighted by Gasteiger charge is 2.34. The first-order valence-corrected chi connectivity index (χ1v) is 8.62. The summed E-state index contributed by atoms with van der Waals surface area (Å²) in [6, 6.07) is 14.1. The van der Waals surface area contributed by atoms with Crippen molar-refractivity contribution < 1.29 is 14.4 Å². The van der Waals surface area contributed by atoms with E-state index in [4.69, 9.17) is 5.73 Å². The van der Waals surface area contributed by atoms with E-state index in [0.717, 1.165) is 5.56 Å². The van der Waals surface area contributed by atoms with Gasteiger partial charge in [-0.2, -0.15) is 0 Å². The van der Waals surface area contributed by atoms with Crippen LogP contribution in [0.3, 0.4) is 0 Å². The van der Waals surface area contributed by atoms with Gasteiger partial charge in [-0.1, -0.05) is 24.3 Å². The zero-order chi connectivity index (χ0) is 18.5. The number of anilines is 1. The van der Waals surface area contributed by atoms with E-state index < -0.39 is 0 Å². The van der Waals surface area contributed by atoms with Crippen molar-refractivity contribution in [2.45, 2.75) is 19.3 Å². The van der Waals surface area contributed by atoms with Gasteiger partial charge in [0.05, 0.1) is 17.5 Å². The number of amides is 3. The Morgan fingerprint density at radius 2 is 1.52 bits per heavy atom. The van der Waals surface area contributed by atoms with Crippen molar-refractivity contribution in [1.29, 1.82) is 0 Å². The molecule has 7 heteroatoms. The van der Waals surface area contributed by atoms with Crippen molar-refractivity contribution in [2.24, 2.45) is 0 Å². The Labute approximate surface area is 164 Å². The molecule has 142 valence electrons. The predicted octanol–water partition coefficient (Wildman–Crippen LogP) is 2.43. The maximum absolute atomic E-state index is 12.2. The lowest BCUT2D eigenvalue weighted by Gasteiger charge is -2.13. The number of imide groups is 1. The predicted molar refractivity (Wildman–Crippen MR) is 106 cm³/mol. The molecule has 6 nitrogen and oxygen atoms in total. The van der Waals surface area contributed by atoms with E-state index >= 15 is 0 Å². The number of nitrogen functional groups attached to an aromatic ring is 1. The lowest BCUT2D eigenvalue weighted by atomic mass is 10.1. The fourth-order valence-electron chi connectivity index (χ4n) is 2.95. The lowest BCUT2D eigenvalue weighted by Crippen LogP contribution is -2.31. The molecular weight excluding hydrogens is 366 g/mol. The van der Waals surface area contributed by atoms with Crippen LogP contribution in [0.25, 0.3) is 0 Å². The molecule has 0 fully saturated rings. The van der Waals surface area contributed by atoms with Crippen LogP contribution in [0, 0.1) is 0 Å². The number of halogens is 1. The fourth-order valence-corrected chi connectivity index (χ4v) is 2.95. The van der Waals surface area contributed by atoms with Gasteiger partial charge < -0.3 is 11.1 Å². The molecule has 1 heterocycles. The smallest absolute Gasteiger partial charge is 0.261 e. The van der Waals surface area contributed by atoms with Gasteiger partial charge in [-0.15, -0.1) is 12.4 Å². The summed E-state index contributed by atoms with van der Waals surface area (Å²) in [5.74, 6) is -0.536. The molecule has 0 saturated carbocycles. The minimum Gasteiger partial charge on any atom is -0.399 e. The van der Waals surface area contributed by atoms with Gasteiger partial charge in [0, 0.05) is 18.8 Å². The summed E-state index contributed by atoms with van der Waals surface area (Å²) in [6.45, 7) is 0.872. The molecule has 0 radical (unpaired) electrons. The Balaban J connectivity index is 0.00000261. The van der Waals surface area contributed by atoms with Crippen molar-refractivity contribution in [2.75, 3.05) is 18.8 Å². The number of carbonyl (C=O) groups is 3. The highest BCUT2D eigenvalue weighted by molar-refractivity contribution is 6.21. The molecular formula is C20H22ClN3O3. The molecule has 3 amide bonds. The summed E-state index contributed by atoms with van der Waals surface area (Å²) in [6.07, 6.45) is 1.65. The molecule has 3 N–H and O–H groups in total. The van der Waals surface area contributed by atoms with E-state index in [0.29, 0.717) is 49.2 Å². The van der Waals surface area contributed by atoms with Gasteiger partial charge in [0.1, 0.15) is 0 Å². The number of nitrogens with zero attached hydrogens (tertiary/aromatic N) is 1. The number of carbonyl (C=O) groups excluding carboxylic acids is 3. The first-order chi connectivity index (χ1) is 12.6. The van der Waals surface area contributed by atoms with E-state index in [1.165, 1.54) is 4.90 Å². The molecule has 0 spiro atoms. The highest BCUT2D eigenvalue weighted by atomic mass is 35.5. The molecule has 1 aliphatic rings. The topological polar surface area (TPSA) is 92.5 Å². The third-order valence-corrected chi connectivity index (χ3v) is 4.35. The summed E-state index contributed by atoms with van der Waals surface area (Å²) >= 11 is 0. The van der Waals surface area contributed by atoms with E-state index in [9.17, 15) is 14.4 Å². The van der Waals surface area contributed by atoms with Crippen LogP contribution in [0.4, 0.5) is 5.69 Å². The zero-order valence-electron chi connectivity index (χ0n) is 14.8. The molecule has 0 saturated heterocycles. The number of nitrogens with two attached hydrogens (primary N) is 1. The minimum absolute atomic E-state index is 0. The van der Waals surface area contributed by atoms with Gasteiger partial charge in [0.25, 0.3) is 11.8 Å². The second-order valence-electron chi connectivity index (χ2n) is 6.28. The number of benzene rings is 2. The van der Waals surface area contributed by atoms with Crippen LogP contribution in [0.5, 0.6) is 0 Å². The molecule has 27 heavy (non-hydrogen) atoms. The van der Waals surface area contributed by atoms with Crippen LogP contribution < -0.4 is 11.1 Å². The SMILES string of the molecule is Cl.Nc1ccc(CC(=O)NCCCCN2C(=O)c3ccccc3C2=O)cc1. The molecule has 2 aromatic rings. The van der Waals surface area contributed by atoms with E-state index in [1.807, 2.05) is 12.1 Å². The average Bonchev–Trinajstić information content (AvgIpc) is 2.88. The number of rotatable bonds is 7. The molecule has 3 rings (SSSR count). The summed E-state index contributed by atoms with van der Waals surface area (Å²) in [5.41, 5.74) is 8.13. The van der Waals surface area contributed by atoms with E-state index in [2.05, 4.69) is 5.32 Å². The average molecular weight is 388 g/mol. The first-order valence-electron chi connectivity index (χ1n) is 8.62. The quantitative estimate of drug-likeness (QED) is 0.433. The summed E-state index contributed by atoms with van der Waals surface area (Å²) in [4.78, 5) is 37.7. The Bertz CT molecular complexity index is 802. The van der Waals surface area contributed by atoms with Crippen molar-refractivity contribution in [3.8, 4) is 0 Å². The largest absolute Gasteiger partial charge is 0.399 e. The monoisotopic (exact) mass is 387 g/mol. The van der Waals surface area contributed by atoms with Crippen LogP contribution in [0.15, 0.2) is 48.5 Å². The van der Waals surface area contributed by atoms with Gasteiger partial charge in [-0.25, -0.2) is 0 Å². The van der Waals surface area contributed by atoms with Crippen molar-refractivity contribution in [1.82, 2.24) is 10.2 Å². The molecule has 0 atom stereocenters. The minimum atomic E-state index is -0.238. The molecule has 2 aromatic carbocycles. The standard InChI is InChI=1S/C20H21N3O3.ClH/c21-15-9-7-14(8-10-15)13-18(24)22-11-3-4-12-23-19(25)16-5-1-2-6-17(16)20(23)26;/h1-2,5-10H,3-4,11-13,21H2,(H,22,24);1H. The fraction of sp³-hybridized carbons (Fsp3) is 0.250. The molecule has 0 aromatic heterocycles. The Morgan fingerprint density at radius 3 is 2.11 bits per heavy atom. The lowest BCUT2D eigenvalue weighted by molar-refractivity contribution is -0.120. The van der Waals surface area contributed by atoms with Gasteiger partial charge in [0.2, 0.25) is 5.91 Å². The third kappa shape index (κ3) is 4.86. The number of hydrogen-bond donors (Lipinski definition) is 2. The molecule has 0 aliphatic carbocycles. The number of fused-ring (bicyclic) bond motifs is 1. The maximum atomic E-state index is 12.2. The summed E-state index contributed by atoms with van der Waals surface area (Å²) in [7, 11) is 0. The van der Waals surface area contributed by atoms with Crippen LogP contribution in [0.1, 0.15) is 39.1 Å². The van der Waals surface area contributed by atoms with Crippen LogP contribution in [-0.2, 0) is 11.2 Å². The number of hydrogen-bond acceptors (Lipinski definition) is 4. The molecule has 0 unspecified atom stereocenters. The van der Waals surface area contributed by atoms with E-state index in [1.54, 1.807) is 36.4 Å². The van der Waals surface area contributed by atoms with E-state index in [-0.39, 0.29) is 30.1 Å². The van der Waals surface area contributed by atoms with Gasteiger partial charge in [-0.3, -0.25) is 19.3 Å². The second kappa shape index (κ2) is 9.19. The number of nitrogens with one attached hydrogen (secondary N) is 1. The summed E-state index contributed by atoms with van der Waals surface area (Å²) in [5, 5.41) is 2.85. The van der Waals surface area contributed by atoms with Crippen molar-refractivity contribution in [3.63, 3.8) is 0 Å². The summed E-state index contributed by atoms with van der Waals surface area (Å²) < 4.78 is 0. The van der Waals surface area contributed by atoms with Gasteiger partial charge >= 0.3 is 0 Å². The maximum Gasteiger partial charge on any atom is 0.261 e. The Morgan fingerprint density at radius 1 is 0.926 bits per heavy atom. The van der Waals surface area contributed by atoms with Crippen molar-refractivity contribution in [3.05, 3.63) is 65.2 Å².